The lowest BCUT2D eigenvalue weighted by atomic mass is 10.1. The van der Waals surface area contributed by atoms with E-state index < -0.39 is 0 Å². The van der Waals surface area contributed by atoms with Gasteiger partial charge in [0.2, 0.25) is 5.91 Å². The first kappa shape index (κ1) is 13.5. The van der Waals surface area contributed by atoms with Gasteiger partial charge in [0, 0.05) is 22.5 Å². The van der Waals surface area contributed by atoms with Gasteiger partial charge < -0.3 is 5.32 Å². The maximum Gasteiger partial charge on any atom is 0.224 e. The highest BCUT2D eigenvalue weighted by molar-refractivity contribution is 9.10. The summed E-state index contributed by atoms with van der Waals surface area (Å²) in [5.74, 6) is 0.548. The first-order valence-corrected chi connectivity index (χ1v) is 6.64. The first-order valence-electron chi connectivity index (χ1n) is 5.31. The monoisotopic (exact) mass is 303 g/mol. The zero-order valence-corrected chi connectivity index (χ0v) is 11.6. The van der Waals surface area contributed by atoms with E-state index in [2.05, 4.69) is 28.2 Å². The van der Waals surface area contributed by atoms with Crippen LogP contribution in [-0.2, 0) is 11.2 Å². The van der Waals surface area contributed by atoms with E-state index in [1.54, 1.807) is 0 Å². The lowest BCUT2D eigenvalue weighted by Crippen LogP contribution is -2.12. The summed E-state index contributed by atoms with van der Waals surface area (Å²) in [6.07, 6.45) is 2.08. The van der Waals surface area contributed by atoms with Crippen LogP contribution in [0.1, 0.15) is 25.3 Å². The fourth-order valence-electron chi connectivity index (χ4n) is 1.42. The van der Waals surface area contributed by atoms with Crippen molar-refractivity contribution in [1.82, 2.24) is 0 Å². The molecule has 1 amide bonds. The van der Waals surface area contributed by atoms with Gasteiger partial charge in [0.05, 0.1) is 0 Å². The Kier molecular flexibility index (Phi) is 5.85. The van der Waals surface area contributed by atoms with Crippen molar-refractivity contribution in [2.75, 3.05) is 11.2 Å². The Morgan fingerprint density at radius 1 is 1.50 bits per heavy atom. The van der Waals surface area contributed by atoms with Crippen LogP contribution in [0.2, 0.25) is 0 Å². The third-order valence-electron chi connectivity index (χ3n) is 2.26. The molecule has 1 N–H and O–H groups in total. The van der Waals surface area contributed by atoms with Gasteiger partial charge in [-0.3, -0.25) is 4.79 Å². The Morgan fingerprint density at radius 3 is 2.88 bits per heavy atom. The summed E-state index contributed by atoms with van der Waals surface area (Å²) in [5.41, 5.74) is 2.03. The predicted molar refractivity (Wildman–Crippen MR) is 72.1 cm³/mol. The lowest BCUT2D eigenvalue weighted by molar-refractivity contribution is -0.116. The number of anilines is 1. The Hall–Kier alpha value is -0.540. The van der Waals surface area contributed by atoms with Gasteiger partial charge in [-0.15, -0.1) is 11.6 Å². The van der Waals surface area contributed by atoms with Crippen molar-refractivity contribution in [1.29, 1.82) is 0 Å². The molecule has 0 aromatic heterocycles. The number of carbonyl (C=O) groups is 1. The van der Waals surface area contributed by atoms with Crippen LogP contribution >= 0.6 is 27.5 Å². The molecule has 88 valence electrons. The number of hydrogen-bond acceptors (Lipinski definition) is 1. The number of aryl methyl sites for hydroxylation is 1. The van der Waals surface area contributed by atoms with E-state index >= 15 is 0 Å². The van der Waals surface area contributed by atoms with E-state index in [1.165, 1.54) is 0 Å². The molecule has 0 radical (unpaired) electrons. The van der Waals surface area contributed by atoms with E-state index in [1.807, 2.05) is 18.2 Å². The van der Waals surface area contributed by atoms with Crippen molar-refractivity contribution in [3.63, 3.8) is 0 Å². The number of benzene rings is 1. The molecule has 1 aromatic carbocycles. The number of halogens is 2. The molecule has 1 aromatic rings. The smallest absolute Gasteiger partial charge is 0.224 e. The summed E-state index contributed by atoms with van der Waals surface area (Å²) in [4.78, 5) is 11.5. The molecule has 0 atom stereocenters. The van der Waals surface area contributed by atoms with Crippen LogP contribution in [0, 0.1) is 0 Å². The second-order valence-corrected chi connectivity index (χ2v) is 4.79. The van der Waals surface area contributed by atoms with Gasteiger partial charge >= 0.3 is 0 Å². The topological polar surface area (TPSA) is 29.1 Å². The van der Waals surface area contributed by atoms with Crippen molar-refractivity contribution in [3.05, 3.63) is 28.2 Å². The van der Waals surface area contributed by atoms with Gasteiger partial charge in [-0.1, -0.05) is 22.9 Å². The average molecular weight is 305 g/mol. The number of amides is 1. The van der Waals surface area contributed by atoms with Crippen molar-refractivity contribution >= 4 is 39.1 Å². The molecule has 4 heteroatoms. The van der Waals surface area contributed by atoms with Crippen LogP contribution in [-0.4, -0.2) is 11.8 Å². The van der Waals surface area contributed by atoms with Crippen LogP contribution in [0.15, 0.2) is 22.7 Å². The minimum atomic E-state index is 0.0256. The van der Waals surface area contributed by atoms with Crippen LogP contribution < -0.4 is 5.32 Å². The fourth-order valence-corrected chi connectivity index (χ4v) is 1.96. The van der Waals surface area contributed by atoms with Gasteiger partial charge in [-0.05, 0) is 36.6 Å². The summed E-state index contributed by atoms with van der Waals surface area (Å²) in [6.45, 7) is 2.07. The molecule has 16 heavy (non-hydrogen) atoms. The van der Waals surface area contributed by atoms with Crippen LogP contribution in [0.25, 0.3) is 0 Å². The van der Waals surface area contributed by atoms with E-state index in [0.717, 1.165) is 22.1 Å². The molecular weight excluding hydrogens is 289 g/mol. The fraction of sp³-hybridized carbons (Fsp3) is 0.417. The third kappa shape index (κ3) is 4.14. The molecule has 0 aliphatic carbocycles. The van der Waals surface area contributed by atoms with E-state index in [0.29, 0.717) is 18.7 Å². The summed E-state index contributed by atoms with van der Waals surface area (Å²) < 4.78 is 1.03. The molecule has 0 saturated heterocycles. The van der Waals surface area contributed by atoms with Crippen molar-refractivity contribution in [2.45, 2.75) is 26.2 Å². The van der Waals surface area contributed by atoms with E-state index in [9.17, 15) is 4.79 Å². The molecule has 2 nitrogen and oxygen atoms in total. The molecule has 0 heterocycles. The van der Waals surface area contributed by atoms with Crippen LogP contribution in [0.4, 0.5) is 5.69 Å². The molecule has 0 fully saturated rings. The number of rotatable bonds is 5. The summed E-state index contributed by atoms with van der Waals surface area (Å²) in [5, 5.41) is 2.91. The lowest BCUT2D eigenvalue weighted by Gasteiger charge is -2.10. The standard InChI is InChI=1S/C12H15BrClNO/c1-2-9-8-10(13)5-6-11(9)15-12(16)4-3-7-14/h5-6,8H,2-4,7H2,1H3,(H,15,16). The van der Waals surface area contributed by atoms with Crippen LogP contribution in [0.3, 0.4) is 0 Å². The second kappa shape index (κ2) is 6.92. The van der Waals surface area contributed by atoms with Crippen LogP contribution in [0.5, 0.6) is 0 Å². The third-order valence-corrected chi connectivity index (χ3v) is 3.02. The number of alkyl halides is 1. The average Bonchev–Trinajstić information content (AvgIpc) is 2.28. The largest absolute Gasteiger partial charge is 0.326 e. The zero-order chi connectivity index (χ0) is 12.0. The molecule has 0 saturated carbocycles. The first-order chi connectivity index (χ1) is 7.67. The van der Waals surface area contributed by atoms with Gasteiger partial charge in [-0.25, -0.2) is 0 Å². The molecular formula is C12H15BrClNO. The number of hydrogen-bond donors (Lipinski definition) is 1. The van der Waals surface area contributed by atoms with Crippen molar-refractivity contribution in [3.8, 4) is 0 Å². The van der Waals surface area contributed by atoms with E-state index in [-0.39, 0.29) is 5.91 Å². The molecule has 0 bridgehead atoms. The maximum absolute atomic E-state index is 11.5. The zero-order valence-electron chi connectivity index (χ0n) is 9.22. The SMILES string of the molecule is CCc1cc(Br)ccc1NC(=O)CCCCl. The minimum Gasteiger partial charge on any atom is -0.326 e. The summed E-state index contributed by atoms with van der Waals surface area (Å²) >= 11 is 8.96. The van der Waals surface area contributed by atoms with Gasteiger partial charge in [-0.2, -0.15) is 0 Å². The highest BCUT2D eigenvalue weighted by atomic mass is 79.9. The molecule has 1 rings (SSSR count). The Bertz CT molecular complexity index is 368. The highest BCUT2D eigenvalue weighted by Gasteiger charge is 2.05. The Morgan fingerprint density at radius 2 is 2.25 bits per heavy atom. The summed E-state index contributed by atoms with van der Waals surface area (Å²) in [7, 11) is 0. The van der Waals surface area contributed by atoms with Crippen molar-refractivity contribution in [2.24, 2.45) is 0 Å². The Balaban J connectivity index is 2.69. The molecule has 0 aliphatic rings. The van der Waals surface area contributed by atoms with Gasteiger partial charge in [0.15, 0.2) is 0 Å². The minimum absolute atomic E-state index is 0.0256. The number of carbonyl (C=O) groups excluding carboxylic acids is 1. The van der Waals surface area contributed by atoms with E-state index in [4.69, 9.17) is 11.6 Å². The normalized spacial score (nSPS) is 10.2. The van der Waals surface area contributed by atoms with Gasteiger partial charge in [0.25, 0.3) is 0 Å². The number of nitrogens with one attached hydrogen (secondary N) is 1. The Labute approximate surface area is 110 Å². The molecule has 0 aliphatic heterocycles. The second-order valence-electron chi connectivity index (χ2n) is 3.50. The quantitative estimate of drug-likeness (QED) is 0.819. The summed E-state index contributed by atoms with van der Waals surface area (Å²) in [6, 6.07) is 5.87. The predicted octanol–water partition coefficient (Wildman–Crippen LogP) is 3.97. The van der Waals surface area contributed by atoms with Crippen molar-refractivity contribution < 1.29 is 4.79 Å². The molecule has 0 unspecified atom stereocenters. The van der Waals surface area contributed by atoms with Gasteiger partial charge in [0.1, 0.15) is 0 Å². The maximum atomic E-state index is 11.5. The molecule has 0 spiro atoms. The highest BCUT2D eigenvalue weighted by Crippen LogP contribution is 2.21.